The second-order valence-corrected chi connectivity index (χ2v) is 4.09. The molecule has 0 unspecified atom stereocenters. The molecule has 0 aliphatic heterocycles. The van der Waals surface area contributed by atoms with Gasteiger partial charge in [-0.25, -0.2) is 0 Å². The summed E-state index contributed by atoms with van der Waals surface area (Å²) in [4.78, 5) is 0. The summed E-state index contributed by atoms with van der Waals surface area (Å²) in [5.74, 6) is 2.29. The Balaban J connectivity index is 3.32. The maximum absolute atomic E-state index is 5.30. The zero-order valence-electron chi connectivity index (χ0n) is 11.2. The SMILES string of the molecule is C=C(c1cc(OC)c(OC)c(OC)c1)C(C)C. The van der Waals surface area contributed by atoms with Gasteiger partial charge in [-0.15, -0.1) is 0 Å². The van der Waals surface area contributed by atoms with E-state index in [-0.39, 0.29) is 0 Å². The summed E-state index contributed by atoms with van der Waals surface area (Å²) in [6, 6.07) is 3.84. The molecule has 0 radical (unpaired) electrons. The number of ether oxygens (including phenoxy) is 3. The lowest BCUT2D eigenvalue weighted by Crippen LogP contribution is -1.98. The van der Waals surface area contributed by atoms with E-state index >= 15 is 0 Å². The van der Waals surface area contributed by atoms with Crippen LogP contribution < -0.4 is 14.2 Å². The van der Waals surface area contributed by atoms with Crippen LogP contribution in [0.3, 0.4) is 0 Å². The molecule has 0 bridgehead atoms. The first-order chi connectivity index (χ1) is 8.04. The lowest BCUT2D eigenvalue weighted by atomic mass is 9.96. The first-order valence-corrected chi connectivity index (χ1v) is 5.54. The van der Waals surface area contributed by atoms with Gasteiger partial charge in [0.25, 0.3) is 0 Å². The van der Waals surface area contributed by atoms with Gasteiger partial charge in [-0.3, -0.25) is 0 Å². The van der Waals surface area contributed by atoms with E-state index in [9.17, 15) is 0 Å². The van der Waals surface area contributed by atoms with Crippen LogP contribution in [0.4, 0.5) is 0 Å². The van der Waals surface area contributed by atoms with E-state index < -0.39 is 0 Å². The van der Waals surface area contributed by atoms with Gasteiger partial charge in [0.1, 0.15) is 0 Å². The Labute approximate surface area is 103 Å². The minimum Gasteiger partial charge on any atom is -0.493 e. The van der Waals surface area contributed by atoms with E-state index in [4.69, 9.17) is 14.2 Å². The van der Waals surface area contributed by atoms with Crippen LogP contribution in [-0.4, -0.2) is 21.3 Å². The second kappa shape index (κ2) is 5.62. The minimum absolute atomic E-state index is 0.373. The van der Waals surface area contributed by atoms with E-state index in [0.717, 1.165) is 11.1 Å². The Morgan fingerprint density at radius 3 is 1.76 bits per heavy atom. The van der Waals surface area contributed by atoms with E-state index in [1.165, 1.54) is 0 Å². The average molecular weight is 236 g/mol. The number of hydrogen-bond acceptors (Lipinski definition) is 3. The van der Waals surface area contributed by atoms with Crippen molar-refractivity contribution in [3.8, 4) is 17.2 Å². The van der Waals surface area contributed by atoms with Gasteiger partial charge in [0.05, 0.1) is 21.3 Å². The fourth-order valence-electron chi connectivity index (χ4n) is 1.60. The molecule has 0 saturated carbocycles. The highest BCUT2D eigenvalue weighted by atomic mass is 16.5. The molecule has 1 aromatic carbocycles. The molecule has 0 aromatic heterocycles. The Kier molecular flexibility index (Phi) is 4.44. The van der Waals surface area contributed by atoms with E-state index in [1.807, 2.05) is 12.1 Å². The fraction of sp³-hybridized carbons (Fsp3) is 0.429. The molecule has 3 nitrogen and oxygen atoms in total. The maximum atomic E-state index is 5.30. The second-order valence-electron chi connectivity index (χ2n) is 4.09. The molecule has 0 atom stereocenters. The largest absolute Gasteiger partial charge is 0.493 e. The molecule has 0 spiro atoms. The van der Waals surface area contributed by atoms with Gasteiger partial charge in [-0.1, -0.05) is 20.4 Å². The highest BCUT2D eigenvalue weighted by Gasteiger charge is 2.15. The predicted molar refractivity (Wildman–Crippen MR) is 70.0 cm³/mol. The van der Waals surface area contributed by atoms with E-state index in [1.54, 1.807) is 21.3 Å². The van der Waals surface area contributed by atoms with Crippen molar-refractivity contribution in [3.63, 3.8) is 0 Å². The summed E-state index contributed by atoms with van der Waals surface area (Å²) < 4.78 is 15.9. The summed E-state index contributed by atoms with van der Waals surface area (Å²) in [6.07, 6.45) is 0. The zero-order valence-corrected chi connectivity index (χ0v) is 11.2. The van der Waals surface area contributed by atoms with E-state index in [0.29, 0.717) is 23.2 Å². The molecule has 3 heteroatoms. The Morgan fingerprint density at radius 2 is 1.47 bits per heavy atom. The normalized spacial score (nSPS) is 10.2. The van der Waals surface area contributed by atoms with Crippen LogP contribution in [-0.2, 0) is 0 Å². The van der Waals surface area contributed by atoms with Crippen LogP contribution in [0.1, 0.15) is 19.4 Å². The van der Waals surface area contributed by atoms with Crippen molar-refractivity contribution >= 4 is 5.57 Å². The molecule has 0 heterocycles. The van der Waals surface area contributed by atoms with Crippen LogP contribution in [0, 0.1) is 5.92 Å². The summed E-state index contributed by atoms with van der Waals surface area (Å²) in [5.41, 5.74) is 2.05. The van der Waals surface area contributed by atoms with Crippen molar-refractivity contribution in [1.29, 1.82) is 0 Å². The zero-order chi connectivity index (χ0) is 13.0. The predicted octanol–water partition coefficient (Wildman–Crippen LogP) is 3.38. The lowest BCUT2D eigenvalue weighted by molar-refractivity contribution is 0.324. The van der Waals surface area contributed by atoms with Gasteiger partial charge in [-0.05, 0) is 29.2 Å². The van der Waals surface area contributed by atoms with Crippen molar-refractivity contribution in [2.24, 2.45) is 5.92 Å². The van der Waals surface area contributed by atoms with Crippen molar-refractivity contribution in [1.82, 2.24) is 0 Å². The fourth-order valence-corrected chi connectivity index (χ4v) is 1.60. The third-order valence-electron chi connectivity index (χ3n) is 2.73. The van der Waals surface area contributed by atoms with Gasteiger partial charge in [0, 0.05) is 0 Å². The number of rotatable bonds is 5. The molecule has 1 rings (SSSR count). The first kappa shape index (κ1) is 13.4. The molecule has 0 saturated heterocycles. The lowest BCUT2D eigenvalue weighted by Gasteiger charge is -2.16. The Hall–Kier alpha value is -1.64. The monoisotopic (exact) mass is 236 g/mol. The highest BCUT2D eigenvalue weighted by Crippen LogP contribution is 2.40. The summed E-state index contributed by atoms with van der Waals surface area (Å²) in [6.45, 7) is 8.28. The van der Waals surface area contributed by atoms with Crippen LogP contribution in [0.15, 0.2) is 18.7 Å². The van der Waals surface area contributed by atoms with Crippen LogP contribution >= 0.6 is 0 Å². The molecule has 0 aliphatic carbocycles. The quantitative estimate of drug-likeness (QED) is 0.784. The highest BCUT2D eigenvalue weighted by molar-refractivity contribution is 5.70. The summed E-state index contributed by atoms with van der Waals surface area (Å²) in [7, 11) is 4.82. The van der Waals surface area contributed by atoms with Gasteiger partial charge in [0.2, 0.25) is 5.75 Å². The Morgan fingerprint density at radius 1 is 1.00 bits per heavy atom. The molecule has 1 aromatic rings. The topological polar surface area (TPSA) is 27.7 Å². The average Bonchev–Trinajstić information content (AvgIpc) is 2.35. The molecular weight excluding hydrogens is 216 g/mol. The molecule has 0 aliphatic rings. The third kappa shape index (κ3) is 2.73. The first-order valence-electron chi connectivity index (χ1n) is 5.54. The number of methoxy groups -OCH3 is 3. The number of hydrogen-bond donors (Lipinski definition) is 0. The smallest absolute Gasteiger partial charge is 0.203 e. The van der Waals surface area contributed by atoms with Crippen molar-refractivity contribution in [2.75, 3.05) is 21.3 Å². The summed E-state index contributed by atoms with van der Waals surface area (Å²) in [5, 5.41) is 0. The van der Waals surface area contributed by atoms with Crippen LogP contribution in [0.5, 0.6) is 17.2 Å². The van der Waals surface area contributed by atoms with E-state index in [2.05, 4.69) is 20.4 Å². The van der Waals surface area contributed by atoms with Gasteiger partial charge in [-0.2, -0.15) is 0 Å². The third-order valence-corrected chi connectivity index (χ3v) is 2.73. The van der Waals surface area contributed by atoms with Crippen molar-refractivity contribution in [3.05, 3.63) is 24.3 Å². The van der Waals surface area contributed by atoms with Crippen LogP contribution in [0.2, 0.25) is 0 Å². The molecular formula is C14H20O3. The van der Waals surface area contributed by atoms with Crippen molar-refractivity contribution < 1.29 is 14.2 Å². The molecule has 94 valence electrons. The Bertz CT molecular complexity index is 383. The number of benzene rings is 1. The van der Waals surface area contributed by atoms with Crippen LogP contribution in [0.25, 0.3) is 5.57 Å². The number of allylic oxidation sites excluding steroid dienone is 1. The maximum Gasteiger partial charge on any atom is 0.203 e. The molecule has 17 heavy (non-hydrogen) atoms. The standard InChI is InChI=1S/C14H20O3/c1-9(2)10(3)11-7-12(15-4)14(17-6)13(8-11)16-5/h7-9H,3H2,1-2,4-6H3. The molecule has 0 N–H and O–H groups in total. The molecule has 0 amide bonds. The molecule has 0 fully saturated rings. The van der Waals surface area contributed by atoms with Crippen molar-refractivity contribution in [2.45, 2.75) is 13.8 Å². The minimum atomic E-state index is 0.373. The summed E-state index contributed by atoms with van der Waals surface area (Å²) >= 11 is 0. The van der Waals surface area contributed by atoms with Gasteiger partial charge >= 0.3 is 0 Å². The van der Waals surface area contributed by atoms with Gasteiger partial charge in [0.15, 0.2) is 11.5 Å². The van der Waals surface area contributed by atoms with Gasteiger partial charge < -0.3 is 14.2 Å².